The van der Waals surface area contributed by atoms with Crippen LogP contribution >= 0.6 is 0 Å². The van der Waals surface area contributed by atoms with E-state index in [1.165, 1.54) is 43.1 Å². The summed E-state index contributed by atoms with van der Waals surface area (Å²) in [7, 11) is 0. The summed E-state index contributed by atoms with van der Waals surface area (Å²) in [5, 5.41) is 0. The van der Waals surface area contributed by atoms with E-state index in [9.17, 15) is 13.6 Å². The van der Waals surface area contributed by atoms with Crippen LogP contribution in [0.3, 0.4) is 0 Å². The van der Waals surface area contributed by atoms with E-state index in [1.807, 2.05) is 0 Å². The summed E-state index contributed by atoms with van der Waals surface area (Å²) in [4.78, 5) is 13.7. The molecule has 1 fully saturated rings. The average molecular weight is 294 g/mol. The lowest BCUT2D eigenvalue weighted by Gasteiger charge is -2.25. The van der Waals surface area contributed by atoms with Crippen molar-refractivity contribution < 1.29 is 13.6 Å². The highest BCUT2D eigenvalue weighted by atomic mass is 19.1. The fourth-order valence-electron chi connectivity index (χ4n) is 3.53. The molecule has 1 heterocycles. The van der Waals surface area contributed by atoms with E-state index >= 15 is 0 Å². The number of nitrogens with zero attached hydrogens (tertiary/aromatic N) is 1. The number of amides is 1. The zero-order valence-electron chi connectivity index (χ0n) is 11.9. The minimum absolute atomic E-state index is 0.130. The maximum absolute atomic E-state index is 13.8. The van der Waals surface area contributed by atoms with Crippen LogP contribution in [0.5, 0.6) is 0 Å². The van der Waals surface area contributed by atoms with Crippen LogP contribution in [0, 0.1) is 17.6 Å². The van der Waals surface area contributed by atoms with Crippen molar-refractivity contribution in [3.8, 4) is 0 Å². The first-order valence-electron chi connectivity index (χ1n) is 7.64. The van der Waals surface area contributed by atoms with Crippen LogP contribution in [0.1, 0.15) is 50.1 Å². The Morgan fingerprint density at radius 2 is 1.90 bits per heavy atom. The average Bonchev–Trinajstić information content (AvgIpc) is 2.70. The second-order valence-corrected chi connectivity index (χ2v) is 6.08. The predicted molar refractivity (Wildman–Crippen MR) is 76.8 cm³/mol. The van der Waals surface area contributed by atoms with Crippen LogP contribution in [0.15, 0.2) is 12.1 Å². The molecule has 0 radical (unpaired) electrons. The van der Waals surface area contributed by atoms with E-state index in [-0.39, 0.29) is 11.5 Å². The number of fused-ring (bicyclic) bond motifs is 1. The second kappa shape index (κ2) is 5.72. The monoisotopic (exact) mass is 294 g/mol. The molecule has 3 nitrogen and oxygen atoms in total. The molecule has 3 rings (SSSR count). The third-order valence-corrected chi connectivity index (χ3v) is 4.69. The molecule has 0 bridgehead atoms. The molecule has 0 spiro atoms. The number of carbonyl (C=O) groups is 1. The van der Waals surface area contributed by atoms with Crippen LogP contribution < -0.4 is 10.6 Å². The zero-order chi connectivity index (χ0) is 15.0. The molecule has 114 valence electrons. The Morgan fingerprint density at radius 3 is 2.62 bits per heavy atom. The Morgan fingerprint density at radius 1 is 1.19 bits per heavy atom. The largest absolute Gasteiger partial charge is 0.316 e. The maximum atomic E-state index is 13.8. The van der Waals surface area contributed by atoms with Gasteiger partial charge in [0.2, 0.25) is 5.91 Å². The highest BCUT2D eigenvalue weighted by molar-refractivity contribution is 6.04. The van der Waals surface area contributed by atoms with Gasteiger partial charge >= 0.3 is 0 Å². The van der Waals surface area contributed by atoms with Crippen molar-refractivity contribution in [2.75, 3.05) is 11.4 Å². The summed E-state index contributed by atoms with van der Waals surface area (Å²) >= 11 is 0. The molecule has 1 aromatic carbocycles. The van der Waals surface area contributed by atoms with E-state index in [0.29, 0.717) is 18.2 Å². The Hall–Kier alpha value is -1.49. The van der Waals surface area contributed by atoms with Crippen molar-refractivity contribution in [2.45, 2.75) is 44.6 Å². The summed E-state index contributed by atoms with van der Waals surface area (Å²) < 4.78 is 27.3. The summed E-state index contributed by atoms with van der Waals surface area (Å²) in [6, 6.07) is 0.993. The molecule has 1 atom stereocenters. The summed E-state index contributed by atoms with van der Waals surface area (Å²) in [5.41, 5.74) is 6.22. The normalized spacial score (nSPS) is 22.7. The van der Waals surface area contributed by atoms with Crippen molar-refractivity contribution in [2.24, 2.45) is 11.7 Å². The molecule has 1 aromatic rings. The number of hydrogen-bond donors (Lipinski definition) is 1. The SMILES string of the molecule is NC1C(=O)N(CCC2CCCCC2)c2cc(F)cc(F)c21. The highest BCUT2D eigenvalue weighted by Crippen LogP contribution is 2.38. The fourth-order valence-corrected chi connectivity index (χ4v) is 3.53. The van der Waals surface area contributed by atoms with Crippen molar-refractivity contribution in [1.82, 2.24) is 0 Å². The van der Waals surface area contributed by atoms with Crippen LogP contribution in [0.25, 0.3) is 0 Å². The molecule has 21 heavy (non-hydrogen) atoms. The van der Waals surface area contributed by atoms with Crippen LogP contribution in [0.4, 0.5) is 14.5 Å². The molecule has 1 amide bonds. The van der Waals surface area contributed by atoms with Gasteiger partial charge in [0.15, 0.2) is 0 Å². The quantitative estimate of drug-likeness (QED) is 0.930. The van der Waals surface area contributed by atoms with Crippen LogP contribution in [0.2, 0.25) is 0 Å². The van der Waals surface area contributed by atoms with Crippen LogP contribution in [-0.4, -0.2) is 12.5 Å². The molecule has 1 unspecified atom stereocenters. The van der Waals surface area contributed by atoms with Gasteiger partial charge in [0.25, 0.3) is 0 Å². The standard InChI is InChI=1S/C16H20F2N2O/c17-11-8-12(18)14-13(9-11)20(16(21)15(14)19)7-6-10-4-2-1-3-5-10/h8-10,15H,1-7,19H2. The smallest absolute Gasteiger partial charge is 0.248 e. The second-order valence-electron chi connectivity index (χ2n) is 6.08. The third kappa shape index (κ3) is 2.67. The number of hydrogen-bond acceptors (Lipinski definition) is 2. The lowest BCUT2D eigenvalue weighted by molar-refractivity contribution is -0.119. The molecule has 2 aliphatic rings. The minimum Gasteiger partial charge on any atom is -0.316 e. The molecule has 5 heteroatoms. The molecule has 0 saturated heterocycles. The zero-order valence-corrected chi connectivity index (χ0v) is 11.9. The molecular weight excluding hydrogens is 274 g/mol. The van der Waals surface area contributed by atoms with Gasteiger partial charge in [-0.2, -0.15) is 0 Å². The van der Waals surface area contributed by atoms with Gasteiger partial charge in [-0.25, -0.2) is 8.78 Å². The van der Waals surface area contributed by atoms with Gasteiger partial charge in [0, 0.05) is 18.2 Å². The van der Waals surface area contributed by atoms with Gasteiger partial charge in [0.1, 0.15) is 17.7 Å². The van der Waals surface area contributed by atoms with Crippen molar-refractivity contribution in [1.29, 1.82) is 0 Å². The number of benzene rings is 1. The maximum Gasteiger partial charge on any atom is 0.248 e. The highest BCUT2D eigenvalue weighted by Gasteiger charge is 2.37. The number of anilines is 1. The van der Waals surface area contributed by atoms with E-state index in [2.05, 4.69) is 0 Å². The Bertz CT molecular complexity index is 555. The number of rotatable bonds is 3. The molecular formula is C16H20F2N2O. The fraction of sp³-hybridized carbons (Fsp3) is 0.562. The van der Waals surface area contributed by atoms with Crippen molar-refractivity contribution >= 4 is 11.6 Å². The third-order valence-electron chi connectivity index (χ3n) is 4.69. The Balaban J connectivity index is 1.78. The predicted octanol–water partition coefficient (Wildman–Crippen LogP) is 3.28. The van der Waals surface area contributed by atoms with Gasteiger partial charge < -0.3 is 10.6 Å². The van der Waals surface area contributed by atoms with Crippen molar-refractivity contribution in [3.63, 3.8) is 0 Å². The lowest BCUT2D eigenvalue weighted by atomic mass is 9.87. The van der Waals surface area contributed by atoms with E-state index in [0.717, 1.165) is 12.5 Å². The van der Waals surface area contributed by atoms with E-state index in [1.54, 1.807) is 0 Å². The van der Waals surface area contributed by atoms with Gasteiger partial charge in [-0.1, -0.05) is 32.1 Å². The molecule has 1 aliphatic heterocycles. The lowest BCUT2D eigenvalue weighted by Crippen LogP contribution is -2.33. The summed E-state index contributed by atoms with van der Waals surface area (Å²) in [6.45, 7) is 0.493. The van der Waals surface area contributed by atoms with Gasteiger partial charge in [-0.3, -0.25) is 4.79 Å². The molecule has 0 aromatic heterocycles. The molecule has 1 saturated carbocycles. The first-order chi connectivity index (χ1) is 10.1. The molecule has 2 N–H and O–H groups in total. The van der Waals surface area contributed by atoms with Gasteiger partial charge in [-0.05, 0) is 18.4 Å². The summed E-state index contributed by atoms with van der Waals surface area (Å²) in [6.07, 6.45) is 6.98. The van der Waals surface area contributed by atoms with E-state index in [4.69, 9.17) is 5.73 Å². The first-order valence-corrected chi connectivity index (χ1v) is 7.64. The summed E-state index contributed by atoms with van der Waals surface area (Å²) in [5.74, 6) is -1.13. The van der Waals surface area contributed by atoms with E-state index < -0.39 is 17.7 Å². The minimum atomic E-state index is -1.01. The van der Waals surface area contributed by atoms with Crippen LogP contribution in [-0.2, 0) is 4.79 Å². The number of halogens is 2. The van der Waals surface area contributed by atoms with Crippen molar-refractivity contribution in [3.05, 3.63) is 29.3 Å². The number of carbonyl (C=O) groups excluding carboxylic acids is 1. The topological polar surface area (TPSA) is 46.3 Å². The number of nitrogens with two attached hydrogens (primary N) is 1. The first kappa shape index (κ1) is 14.4. The Labute approximate surface area is 123 Å². The molecule has 1 aliphatic carbocycles. The van der Waals surface area contributed by atoms with Gasteiger partial charge in [-0.15, -0.1) is 0 Å². The Kier molecular flexibility index (Phi) is 3.93. The van der Waals surface area contributed by atoms with Gasteiger partial charge in [0.05, 0.1) is 5.69 Å².